The lowest BCUT2D eigenvalue weighted by atomic mass is 9.92. The molecule has 0 spiro atoms. The van der Waals surface area contributed by atoms with Crippen LogP contribution in [-0.2, 0) is 16.3 Å². The minimum Gasteiger partial charge on any atom is -0.453 e. The minimum atomic E-state index is -1.24. The van der Waals surface area contributed by atoms with Crippen LogP contribution in [0.25, 0.3) is 33.3 Å². The van der Waals surface area contributed by atoms with Gasteiger partial charge in [0.15, 0.2) is 11.6 Å². The number of nitrogens with zero attached hydrogens (tertiary/aromatic N) is 6. The number of aryl methyl sites for hydroxylation is 1. The Labute approximate surface area is 242 Å². The highest BCUT2D eigenvalue weighted by molar-refractivity contribution is 6.76. The van der Waals surface area contributed by atoms with E-state index in [0.717, 1.165) is 11.6 Å². The van der Waals surface area contributed by atoms with Gasteiger partial charge in [0.25, 0.3) is 0 Å². The van der Waals surface area contributed by atoms with Gasteiger partial charge in [-0.15, -0.1) is 0 Å². The van der Waals surface area contributed by atoms with Gasteiger partial charge < -0.3 is 14.0 Å². The molecule has 1 saturated carbocycles. The molecule has 6 rings (SSSR count). The summed E-state index contributed by atoms with van der Waals surface area (Å²) < 4.78 is 31.3. The van der Waals surface area contributed by atoms with E-state index in [4.69, 9.17) is 26.1 Å². The lowest BCUT2D eigenvalue weighted by molar-refractivity contribution is -0.126. The SMILES string of the molecule is Cc1nc2ccc(Oc3ccc4ncc(-c5cnn(C6CC(=O)C6)c5)nc4c3Cl)c(F)c2n1COCC[Si](C)(C)C. The molecule has 1 aliphatic rings. The lowest BCUT2D eigenvalue weighted by Gasteiger charge is -2.24. The Morgan fingerprint density at radius 1 is 1.07 bits per heavy atom. The van der Waals surface area contributed by atoms with Gasteiger partial charge >= 0.3 is 0 Å². The number of fused-ring (bicyclic) bond motifs is 2. The van der Waals surface area contributed by atoms with E-state index in [0.29, 0.717) is 53.0 Å². The van der Waals surface area contributed by atoms with Crippen molar-refractivity contribution in [2.45, 2.75) is 58.2 Å². The zero-order valence-corrected chi connectivity index (χ0v) is 25.1. The predicted octanol–water partition coefficient (Wildman–Crippen LogP) is 6.95. The van der Waals surface area contributed by atoms with E-state index in [1.165, 1.54) is 0 Å². The fourth-order valence-electron chi connectivity index (χ4n) is 4.74. The molecule has 0 amide bonds. The van der Waals surface area contributed by atoms with Crippen LogP contribution in [0.5, 0.6) is 11.5 Å². The summed E-state index contributed by atoms with van der Waals surface area (Å²) in [6.45, 7) is 9.51. The molecule has 212 valence electrons. The topological polar surface area (TPSA) is 97.0 Å². The van der Waals surface area contributed by atoms with Gasteiger partial charge in [0.05, 0.1) is 35.2 Å². The zero-order chi connectivity index (χ0) is 28.9. The van der Waals surface area contributed by atoms with Crippen molar-refractivity contribution in [3.05, 3.63) is 59.5 Å². The molecule has 1 fully saturated rings. The molecule has 3 aromatic heterocycles. The zero-order valence-electron chi connectivity index (χ0n) is 23.3. The van der Waals surface area contributed by atoms with Crippen LogP contribution in [0.3, 0.4) is 0 Å². The van der Waals surface area contributed by atoms with Gasteiger partial charge in [0, 0.05) is 39.3 Å². The van der Waals surface area contributed by atoms with Crippen molar-refractivity contribution in [3.63, 3.8) is 0 Å². The molecule has 0 N–H and O–H groups in total. The standard InChI is InChI=1S/C29H30ClFN6O3Si/c1-17-34-22-6-8-25(27(31)29(22)36(17)16-39-9-10-41(2,3)4)40-24-7-5-21-28(26(24)30)35-23(14-32-21)18-13-33-37(15-18)19-11-20(38)12-19/h5-8,13-15,19H,9-12,16H2,1-4H3. The number of ketones is 1. The average molecular weight is 593 g/mol. The third kappa shape index (κ3) is 5.49. The number of carbonyl (C=O) groups excluding carboxylic acids is 1. The Morgan fingerprint density at radius 3 is 2.59 bits per heavy atom. The number of rotatable bonds is 9. The fraction of sp³-hybridized carbons (Fsp3) is 0.345. The number of halogens is 2. The van der Waals surface area contributed by atoms with Crippen molar-refractivity contribution in [3.8, 4) is 22.8 Å². The first-order valence-electron chi connectivity index (χ1n) is 13.5. The summed E-state index contributed by atoms with van der Waals surface area (Å²) in [6, 6.07) is 7.74. The van der Waals surface area contributed by atoms with E-state index in [9.17, 15) is 4.79 Å². The minimum absolute atomic E-state index is 0.0161. The molecule has 9 nitrogen and oxygen atoms in total. The van der Waals surface area contributed by atoms with Crippen LogP contribution in [0, 0.1) is 12.7 Å². The Morgan fingerprint density at radius 2 is 1.83 bits per heavy atom. The van der Waals surface area contributed by atoms with Crippen LogP contribution in [0.2, 0.25) is 30.7 Å². The molecule has 2 aromatic carbocycles. The van der Waals surface area contributed by atoms with Gasteiger partial charge in [-0.05, 0) is 37.2 Å². The molecule has 0 unspecified atom stereocenters. The number of carbonyl (C=O) groups is 1. The Kier molecular flexibility index (Phi) is 7.12. The van der Waals surface area contributed by atoms with Crippen molar-refractivity contribution < 1.29 is 18.7 Å². The molecular formula is C29H30ClFN6O3Si. The highest BCUT2D eigenvalue weighted by Gasteiger charge is 2.29. The Hall–Kier alpha value is -3.67. The summed E-state index contributed by atoms with van der Waals surface area (Å²) in [5.41, 5.74) is 3.17. The molecule has 12 heteroatoms. The number of hydrogen-bond acceptors (Lipinski definition) is 7. The van der Waals surface area contributed by atoms with Crippen molar-refractivity contribution in [2.75, 3.05) is 6.61 Å². The van der Waals surface area contributed by atoms with Gasteiger partial charge in [-0.2, -0.15) is 5.10 Å². The Balaban J connectivity index is 1.27. The van der Waals surface area contributed by atoms with Crippen LogP contribution < -0.4 is 4.74 Å². The second-order valence-corrected chi connectivity index (χ2v) is 17.6. The first kappa shape index (κ1) is 27.5. The fourth-order valence-corrected chi connectivity index (χ4v) is 5.73. The van der Waals surface area contributed by atoms with Gasteiger partial charge in [-0.3, -0.25) is 14.5 Å². The second-order valence-electron chi connectivity index (χ2n) is 11.6. The highest BCUT2D eigenvalue weighted by atomic mass is 35.5. The third-order valence-electron chi connectivity index (χ3n) is 7.25. The Bertz CT molecular complexity index is 1790. The van der Waals surface area contributed by atoms with E-state index in [2.05, 4.69) is 34.7 Å². The van der Waals surface area contributed by atoms with Crippen LogP contribution in [0.15, 0.2) is 42.9 Å². The normalized spacial score (nSPS) is 14.2. The molecule has 0 aliphatic heterocycles. The van der Waals surface area contributed by atoms with E-state index in [-0.39, 0.29) is 35.1 Å². The number of benzene rings is 2. The summed E-state index contributed by atoms with van der Waals surface area (Å²) in [5, 5.41) is 4.60. The van der Waals surface area contributed by atoms with Gasteiger partial charge in [0.2, 0.25) is 0 Å². The maximum Gasteiger partial charge on any atom is 0.191 e. The molecule has 0 saturated heterocycles. The van der Waals surface area contributed by atoms with Crippen molar-refractivity contribution in [2.24, 2.45) is 0 Å². The van der Waals surface area contributed by atoms with E-state index in [1.807, 2.05) is 13.1 Å². The van der Waals surface area contributed by atoms with Gasteiger partial charge in [0.1, 0.15) is 40.1 Å². The molecular weight excluding hydrogens is 563 g/mol. The maximum atomic E-state index is 15.8. The number of Topliss-reactive ketones (excluding diaryl/α,β-unsaturated/α-hetero) is 1. The molecule has 3 heterocycles. The smallest absolute Gasteiger partial charge is 0.191 e. The molecule has 0 atom stereocenters. The van der Waals surface area contributed by atoms with Crippen molar-refractivity contribution in [1.29, 1.82) is 0 Å². The number of hydrogen-bond donors (Lipinski definition) is 0. The monoisotopic (exact) mass is 592 g/mol. The summed E-state index contributed by atoms with van der Waals surface area (Å²) >= 11 is 6.74. The second kappa shape index (κ2) is 10.6. The number of aromatic nitrogens is 6. The summed E-state index contributed by atoms with van der Waals surface area (Å²) in [4.78, 5) is 25.1. The molecule has 0 bridgehead atoms. The molecule has 0 radical (unpaired) electrons. The van der Waals surface area contributed by atoms with Gasteiger partial charge in [-0.1, -0.05) is 31.2 Å². The van der Waals surface area contributed by atoms with E-state index in [1.54, 1.807) is 45.9 Å². The van der Waals surface area contributed by atoms with E-state index >= 15 is 4.39 Å². The maximum absolute atomic E-state index is 15.8. The number of imidazole rings is 1. The predicted molar refractivity (Wildman–Crippen MR) is 158 cm³/mol. The van der Waals surface area contributed by atoms with Crippen LogP contribution in [0.4, 0.5) is 4.39 Å². The van der Waals surface area contributed by atoms with Crippen LogP contribution in [-0.4, -0.2) is 49.8 Å². The molecule has 5 aromatic rings. The lowest BCUT2D eigenvalue weighted by Crippen LogP contribution is -2.26. The number of ether oxygens (including phenoxy) is 2. The molecule has 41 heavy (non-hydrogen) atoms. The summed E-state index contributed by atoms with van der Waals surface area (Å²) in [5.74, 6) is 0.611. The quantitative estimate of drug-likeness (QED) is 0.135. The van der Waals surface area contributed by atoms with Crippen molar-refractivity contribution >= 4 is 47.5 Å². The van der Waals surface area contributed by atoms with Gasteiger partial charge in [-0.25, -0.2) is 14.4 Å². The van der Waals surface area contributed by atoms with Crippen LogP contribution in [0.1, 0.15) is 24.7 Å². The van der Waals surface area contributed by atoms with Crippen molar-refractivity contribution in [1.82, 2.24) is 29.3 Å². The summed E-state index contributed by atoms with van der Waals surface area (Å²) in [6.07, 6.45) is 6.18. The molecule has 1 aliphatic carbocycles. The van der Waals surface area contributed by atoms with E-state index < -0.39 is 13.9 Å². The first-order chi connectivity index (χ1) is 19.6. The highest BCUT2D eigenvalue weighted by Crippen LogP contribution is 2.38. The largest absolute Gasteiger partial charge is 0.453 e. The third-order valence-corrected chi connectivity index (χ3v) is 9.32. The summed E-state index contributed by atoms with van der Waals surface area (Å²) in [7, 11) is -1.24. The first-order valence-corrected chi connectivity index (χ1v) is 17.6. The van der Waals surface area contributed by atoms with Crippen LogP contribution >= 0.6 is 11.6 Å². The average Bonchev–Trinajstić information content (AvgIpc) is 3.52.